The number of nitrogens with one attached hydrogen (secondary N) is 1. The highest BCUT2D eigenvalue weighted by molar-refractivity contribution is 5.85. The van der Waals surface area contributed by atoms with Crippen molar-refractivity contribution in [2.45, 2.75) is 57.9 Å². The Balaban J connectivity index is 0.00000225. The zero-order valence-electron chi connectivity index (χ0n) is 15.5. The van der Waals surface area contributed by atoms with E-state index in [2.05, 4.69) is 47.5 Å². The monoisotopic (exact) mass is 364 g/mol. The van der Waals surface area contributed by atoms with Crippen molar-refractivity contribution < 1.29 is 4.79 Å². The van der Waals surface area contributed by atoms with Gasteiger partial charge in [-0.15, -0.1) is 12.4 Å². The molecule has 1 amide bonds. The highest BCUT2D eigenvalue weighted by Crippen LogP contribution is 2.32. The van der Waals surface area contributed by atoms with Crippen LogP contribution in [0.1, 0.15) is 63.5 Å². The third-order valence-electron chi connectivity index (χ3n) is 5.89. The number of hydrogen-bond acceptors (Lipinski definition) is 2. The van der Waals surface area contributed by atoms with Crippen LogP contribution in [-0.4, -0.2) is 30.4 Å². The number of carbonyl (C=O) groups excluding carboxylic acids is 1. The molecule has 3 unspecified atom stereocenters. The summed E-state index contributed by atoms with van der Waals surface area (Å²) >= 11 is 0. The summed E-state index contributed by atoms with van der Waals surface area (Å²) in [5, 5.41) is 3.49. The quantitative estimate of drug-likeness (QED) is 0.848. The summed E-state index contributed by atoms with van der Waals surface area (Å²) in [4.78, 5) is 15.3. The number of amides is 1. The molecule has 2 fully saturated rings. The molecule has 25 heavy (non-hydrogen) atoms. The maximum absolute atomic E-state index is 13.1. The van der Waals surface area contributed by atoms with E-state index in [0.29, 0.717) is 24.2 Å². The lowest BCUT2D eigenvalue weighted by atomic mass is 9.85. The molecule has 0 radical (unpaired) electrons. The van der Waals surface area contributed by atoms with Gasteiger partial charge in [-0.25, -0.2) is 0 Å². The highest BCUT2D eigenvalue weighted by atomic mass is 35.5. The van der Waals surface area contributed by atoms with E-state index in [1.54, 1.807) is 0 Å². The summed E-state index contributed by atoms with van der Waals surface area (Å²) < 4.78 is 0. The van der Waals surface area contributed by atoms with Crippen molar-refractivity contribution in [3.63, 3.8) is 0 Å². The second-order valence-electron chi connectivity index (χ2n) is 7.65. The van der Waals surface area contributed by atoms with E-state index in [-0.39, 0.29) is 18.4 Å². The topological polar surface area (TPSA) is 32.3 Å². The Bertz CT molecular complexity index is 516. The summed E-state index contributed by atoms with van der Waals surface area (Å²) in [7, 11) is 0. The maximum atomic E-state index is 13.1. The summed E-state index contributed by atoms with van der Waals surface area (Å²) in [6.45, 7) is 5.41. The Morgan fingerprint density at radius 3 is 2.68 bits per heavy atom. The van der Waals surface area contributed by atoms with Crippen LogP contribution in [0.3, 0.4) is 0 Å². The SMILES string of the molecule is CC(CC(=O)N1CCCCCC1c1ccccc1)C1CCCNC1.Cl. The van der Waals surface area contributed by atoms with Gasteiger partial charge in [0.15, 0.2) is 0 Å². The Labute approximate surface area is 159 Å². The molecule has 0 spiro atoms. The Morgan fingerprint density at radius 1 is 1.16 bits per heavy atom. The number of hydrogen-bond donors (Lipinski definition) is 1. The number of rotatable bonds is 4. The summed E-state index contributed by atoms with van der Waals surface area (Å²) in [6, 6.07) is 10.9. The molecule has 0 aliphatic carbocycles. The first-order valence-corrected chi connectivity index (χ1v) is 9.81. The fourth-order valence-electron chi connectivity index (χ4n) is 4.35. The molecule has 1 aromatic carbocycles. The van der Waals surface area contributed by atoms with E-state index in [0.717, 1.165) is 32.5 Å². The number of carbonyl (C=O) groups is 1. The normalized spacial score (nSPS) is 25.6. The van der Waals surface area contributed by atoms with Crippen molar-refractivity contribution in [3.8, 4) is 0 Å². The lowest BCUT2D eigenvalue weighted by Gasteiger charge is -2.33. The molecule has 140 valence electrons. The Morgan fingerprint density at radius 2 is 1.96 bits per heavy atom. The molecule has 1 aromatic rings. The molecular weight excluding hydrogens is 332 g/mol. The van der Waals surface area contributed by atoms with E-state index < -0.39 is 0 Å². The van der Waals surface area contributed by atoms with Crippen LogP contribution < -0.4 is 5.32 Å². The molecule has 2 aliphatic heterocycles. The molecule has 0 aromatic heterocycles. The van der Waals surface area contributed by atoms with E-state index in [9.17, 15) is 4.79 Å². The van der Waals surface area contributed by atoms with Crippen LogP contribution in [0.5, 0.6) is 0 Å². The molecular formula is C21H33ClN2O. The fourth-order valence-corrected chi connectivity index (χ4v) is 4.35. The first-order chi connectivity index (χ1) is 11.8. The summed E-state index contributed by atoms with van der Waals surface area (Å²) in [6.07, 6.45) is 7.95. The van der Waals surface area contributed by atoms with Crippen molar-refractivity contribution in [1.82, 2.24) is 10.2 Å². The molecule has 4 heteroatoms. The number of likely N-dealkylation sites (tertiary alicyclic amines) is 1. The van der Waals surface area contributed by atoms with Crippen LogP contribution in [-0.2, 0) is 4.79 Å². The van der Waals surface area contributed by atoms with Crippen molar-refractivity contribution in [2.75, 3.05) is 19.6 Å². The van der Waals surface area contributed by atoms with Crippen molar-refractivity contribution in [1.29, 1.82) is 0 Å². The van der Waals surface area contributed by atoms with Crippen LogP contribution in [0.4, 0.5) is 0 Å². The van der Waals surface area contributed by atoms with Gasteiger partial charge in [0, 0.05) is 13.0 Å². The van der Waals surface area contributed by atoms with Gasteiger partial charge in [0.1, 0.15) is 0 Å². The van der Waals surface area contributed by atoms with Gasteiger partial charge in [-0.3, -0.25) is 4.79 Å². The third kappa shape index (κ3) is 5.46. The zero-order valence-corrected chi connectivity index (χ0v) is 16.3. The number of piperidine rings is 1. The average Bonchev–Trinajstić information content (AvgIpc) is 2.89. The number of halogens is 1. The van der Waals surface area contributed by atoms with Crippen LogP contribution >= 0.6 is 12.4 Å². The highest BCUT2D eigenvalue weighted by Gasteiger charge is 2.29. The first kappa shape index (κ1) is 20.3. The van der Waals surface area contributed by atoms with E-state index in [1.807, 2.05) is 0 Å². The summed E-state index contributed by atoms with van der Waals surface area (Å²) in [5.41, 5.74) is 1.31. The minimum Gasteiger partial charge on any atom is -0.336 e. The van der Waals surface area contributed by atoms with Crippen molar-refractivity contribution in [3.05, 3.63) is 35.9 Å². The molecule has 3 nitrogen and oxygen atoms in total. The predicted molar refractivity (Wildman–Crippen MR) is 106 cm³/mol. The second kappa shape index (κ2) is 10.2. The molecule has 2 heterocycles. The van der Waals surface area contributed by atoms with Gasteiger partial charge in [-0.2, -0.15) is 0 Å². The molecule has 3 rings (SSSR count). The van der Waals surface area contributed by atoms with Crippen LogP contribution in [0, 0.1) is 11.8 Å². The number of benzene rings is 1. The zero-order chi connectivity index (χ0) is 16.8. The van der Waals surface area contributed by atoms with Gasteiger partial charge in [-0.05, 0) is 56.2 Å². The predicted octanol–water partition coefficient (Wildman–Crippen LogP) is 4.58. The van der Waals surface area contributed by atoms with Crippen molar-refractivity contribution >= 4 is 18.3 Å². The second-order valence-corrected chi connectivity index (χ2v) is 7.65. The lowest BCUT2D eigenvalue weighted by Crippen LogP contribution is -2.38. The molecule has 1 N–H and O–H groups in total. The van der Waals surface area contributed by atoms with Crippen molar-refractivity contribution in [2.24, 2.45) is 11.8 Å². The first-order valence-electron chi connectivity index (χ1n) is 9.81. The minimum absolute atomic E-state index is 0. The molecule has 0 bridgehead atoms. The average molecular weight is 365 g/mol. The van der Waals surface area contributed by atoms with E-state index in [1.165, 1.54) is 31.2 Å². The summed E-state index contributed by atoms with van der Waals surface area (Å²) in [5.74, 6) is 1.50. The van der Waals surface area contributed by atoms with Gasteiger partial charge < -0.3 is 10.2 Å². The standard InChI is InChI=1S/C21H32N2O.ClH/c1-17(19-11-8-13-22-16-19)15-21(24)23-14-7-3-6-12-20(23)18-9-4-2-5-10-18;/h2,4-5,9-10,17,19-20,22H,3,6-8,11-16H2,1H3;1H. The Kier molecular flexibility index (Phi) is 8.25. The van der Waals surface area contributed by atoms with Gasteiger partial charge >= 0.3 is 0 Å². The number of nitrogens with zero attached hydrogens (tertiary/aromatic N) is 1. The maximum Gasteiger partial charge on any atom is 0.223 e. The van der Waals surface area contributed by atoms with Gasteiger partial charge in [0.25, 0.3) is 0 Å². The van der Waals surface area contributed by atoms with Gasteiger partial charge in [0.05, 0.1) is 6.04 Å². The third-order valence-corrected chi connectivity index (χ3v) is 5.89. The molecule has 3 atom stereocenters. The molecule has 2 aliphatic rings. The Hall–Kier alpha value is -1.06. The molecule has 0 saturated carbocycles. The van der Waals surface area contributed by atoms with Crippen LogP contribution in [0.2, 0.25) is 0 Å². The van der Waals surface area contributed by atoms with E-state index in [4.69, 9.17) is 0 Å². The smallest absolute Gasteiger partial charge is 0.223 e. The lowest BCUT2D eigenvalue weighted by molar-refractivity contribution is -0.135. The minimum atomic E-state index is 0. The molecule has 2 saturated heterocycles. The van der Waals surface area contributed by atoms with E-state index >= 15 is 0 Å². The van der Waals surface area contributed by atoms with Crippen LogP contribution in [0.25, 0.3) is 0 Å². The van der Waals surface area contributed by atoms with Gasteiger partial charge in [0.2, 0.25) is 5.91 Å². The largest absolute Gasteiger partial charge is 0.336 e. The van der Waals surface area contributed by atoms with Gasteiger partial charge in [-0.1, -0.05) is 50.1 Å². The van der Waals surface area contributed by atoms with Crippen LogP contribution in [0.15, 0.2) is 30.3 Å². The fraction of sp³-hybridized carbons (Fsp3) is 0.667.